The van der Waals surface area contributed by atoms with Gasteiger partial charge in [-0.3, -0.25) is 25.8 Å². The zero-order chi connectivity index (χ0) is 20.7. The molecule has 0 spiro atoms. The van der Waals surface area contributed by atoms with Gasteiger partial charge in [0.25, 0.3) is 11.8 Å². The summed E-state index contributed by atoms with van der Waals surface area (Å²) in [5.74, 6) is -0.00282. The summed E-state index contributed by atoms with van der Waals surface area (Å²) in [4.78, 5) is 24.5. The fourth-order valence-electron chi connectivity index (χ4n) is 2.23. The average molecular weight is 424 g/mol. The summed E-state index contributed by atoms with van der Waals surface area (Å²) < 4.78 is 15.6. The van der Waals surface area contributed by atoms with Crippen LogP contribution in [0.15, 0.2) is 36.4 Å². The van der Waals surface area contributed by atoms with Crippen LogP contribution in [0.4, 0.5) is 0 Å². The summed E-state index contributed by atoms with van der Waals surface area (Å²) in [6.45, 7) is 0. The first kappa shape index (κ1) is 21.3. The molecule has 10 heteroatoms. The summed E-state index contributed by atoms with van der Waals surface area (Å²) in [6.07, 6.45) is 0. The first-order valence-electron chi connectivity index (χ1n) is 7.86. The van der Waals surface area contributed by atoms with Crippen molar-refractivity contribution >= 4 is 40.7 Å². The number of halogens is 1. The quantitative estimate of drug-likeness (QED) is 0.501. The molecular formula is C18H18ClN3O5S. The highest BCUT2D eigenvalue weighted by Crippen LogP contribution is 2.38. The van der Waals surface area contributed by atoms with Gasteiger partial charge in [-0.15, -0.1) is 0 Å². The fourth-order valence-corrected chi connectivity index (χ4v) is 2.57. The number of hydrazine groups is 1. The fraction of sp³-hybridized carbons (Fsp3) is 0.167. The van der Waals surface area contributed by atoms with Crippen LogP contribution in [0.5, 0.6) is 17.2 Å². The van der Waals surface area contributed by atoms with Crippen LogP contribution in [0.2, 0.25) is 5.02 Å². The van der Waals surface area contributed by atoms with Gasteiger partial charge in [-0.25, -0.2) is 0 Å². The maximum atomic E-state index is 12.4. The Morgan fingerprint density at radius 1 is 0.893 bits per heavy atom. The number of amides is 2. The number of hydrogen-bond acceptors (Lipinski definition) is 6. The highest BCUT2D eigenvalue weighted by Gasteiger charge is 2.18. The zero-order valence-electron chi connectivity index (χ0n) is 15.3. The maximum Gasteiger partial charge on any atom is 0.269 e. The van der Waals surface area contributed by atoms with Gasteiger partial charge in [0.05, 0.1) is 21.3 Å². The highest BCUT2D eigenvalue weighted by atomic mass is 35.5. The molecule has 0 fully saturated rings. The van der Waals surface area contributed by atoms with E-state index in [4.69, 9.17) is 38.0 Å². The Morgan fingerprint density at radius 2 is 1.54 bits per heavy atom. The van der Waals surface area contributed by atoms with Crippen LogP contribution in [0.1, 0.15) is 20.7 Å². The number of rotatable bonds is 5. The molecular weight excluding hydrogens is 406 g/mol. The summed E-state index contributed by atoms with van der Waals surface area (Å²) >= 11 is 10.9. The third-order valence-electron chi connectivity index (χ3n) is 3.53. The van der Waals surface area contributed by atoms with Crippen molar-refractivity contribution in [3.05, 3.63) is 52.5 Å². The Bertz CT molecular complexity index is 882. The van der Waals surface area contributed by atoms with Crippen LogP contribution in [0.25, 0.3) is 0 Å². The molecule has 28 heavy (non-hydrogen) atoms. The minimum Gasteiger partial charge on any atom is -0.493 e. The molecule has 0 heterocycles. The van der Waals surface area contributed by atoms with Gasteiger partial charge >= 0.3 is 0 Å². The molecule has 2 rings (SSSR count). The Hall–Kier alpha value is -3.04. The van der Waals surface area contributed by atoms with Crippen molar-refractivity contribution in [2.75, 3.05) is 21.3 Å². The normalized spacial score (nSPS) is 9.86. The van der Waals surface area contributed by atoms with Crippen molar-refractivity contribution in [1.82, 2.24) is 16.2 Å². The predicted octanol–water partition coefficient (Wildman–Crippen LogP) is 2.32. The maximum absolute atomic E-state index is 12.4. The van der Waals surface area contributed by atoms with Crippen LogP contribution in [0.3, 0.4) is 0 Å². The van der Waals surface area contributed by atoms with Crippen LogP contribution in [0, 0.1) is 0 Å². The second-order valence-corrected chi connectivity index (χ2v) is 6.13. The number of methoxy groups -OCH3 is 3. The SMILES string of the molecule is COc1cc(C(=O)NC(=S)NNC(=O)c2cccc(Cl)c2)cc(OC)c1OC. The summed E-state index contributed by atoms with van der Waals surface area (Å²) in [5, 5.41) is 2.76. The average Bonchev–Trinajstić information content (AvgIpc) is 2.70. The number of nitrogens with one attached hydrogen (secondary N) is 3. The number of thiocarbonyl (C=S) groups is 1. The second-order valence-electron chi connectivity index (χ2n) is 5.29. The van der Waals surface area contributed by atoms with E-state index in [1.165, 1.54) is 39.5 Å². The molecule has 0 aromatic heterocycles. The van der Waals surface area contributed by atoms with E-state index in [0.29, 0.717) is 27.8 Å². The van der Waals surface area contributed by atoms with E-state index in [1.807, 2.05) is 0 Å². The van der Waals surface area contributed by atoms with Gasteiger partial charge in [0.1, 0.15) is 0 Å². The van der Waals surface area contributed by atoms with Gasteiger partial charge in [-0.1, -0.05) is 17.7 Å². The van der Waals surface area contributed by atoms with Gasteiger partial charge in [0.2, 0.25) is 5.75 Å². The second kappa shape index (κ2) is 9.77. The van der Waals surface area contributed by atoms with Crippen LogP contribution in [-0.4, -0.2) is 38.3 Å². The lowest BCUT2D eigenvalue weighted by Gasteiger charge is -2.15. The highest BCUT2D eigenvalue weighted by molar-refractivity contribution is 7.80. The number of carbonyl (C=O) groups excluding carboxylic acids is 2. The van der Waals surface area contributed by atoms with E-state index in [2.05, 4.69) is 16.2 Å². The van der Waals surface area contributed by atoms with Crippen molar-refractivity contribution in [2.45, 2.75) is 0 Å². The monoisotopic (exact) mass is 423 g/mol. The zero-order valence-corrected chi connectivity index (χ0v) is 16.9. The Morgan fingerprint density at radius 3 is 2.07 bits per heavy atom. The molecule has 0 saturated heterocycles. The van der Waals surface area contributed by atoms with E-state index in [0.717, 1.165) is 0 Å². The minimum absolute atomic E-state index is 0.103. The van der Waals surface area contributed by atoms with Gasteiger partial charge in [-0.05, 0) is 42.5 Å². The van der Waals surface area contributed by atoms with Crippen molar-refractivity contribution in [2.24, 2.45) is 0 Å². The smallest absolute Gasteiger partial charge is 0.269 e. The molecule has 8 nitrogen and oxygen atoms in total. The largest absolute Gasteiger partial charge is 0.493 e. The molecule has 2 aromatic carbocycles. The molecule has 0 bridgehead atoms. The first-order valence-corrected chi connectivity index (χ1v) is 8.65. The van der Waals surface area contributed by atoms with Crippen molar-refractivity contribution in [1.29, 1.82) is 0 Å². The van der Waals surface area contributed by atoms with E-state index < -0.39 is 11.8 Å². The topological polar surface area (TPSA) is 97.9 Å². The molecule has 0 aliphatic carbocycles. The van der Waals surface area contributed by atoms with Gasteiger partial charge in [-0.2, -0.15) is 0 Å². The van der Waals surface area contributed by atoms with Crippen molar-refractivity contribution in [3.63, 3.8) is 0 Å². The van der Waals surface area contributed by atoms with Gasteiger partial charge in [0.15, 0.2) is 16.6 Å². The lowest BCUT2D eigenvalue weighted by Crippen LogP contribution is -2.48. The van der Waals surface area contributed by atoms with Crippen LogP contribution >= 0.6 is 23.8 Å². The molecule has 2 aromatic rings. The molecule has 0 saturated carbocycles. The summed E-state index contributed by atoms with van der Waals surface area (Å²) in [7, 11) is 4.34. The van der Waals surface area contributed by atoms with Gasteiger partial charge < -0.3 is 14.2 Å². The van der Waals surface area contributed by atoms with Crippen LogP contribution < -0.4 is 30.4 Å². The number of benzene rings is 2. The number of hydrogen-bond donors (Lipinski definition) is 3. The number of ether oxygens (including phenoxy) is 3. The number of carbonyl (C=O) groups is 2. The Balaban J connectivity index is 2.02. The summed E-state index contributed by atoms with van der Waals surface area (Å²) in [6, 6.07) is 9.32. The predicted molar refractivity (Wildman–Crippen MR) is 108 cm³/mol. The molecule has 0 aliphatic rings. The van der Waals surface area contributed by atoms with E-state index in [9.17, 15) is 9.59 Å². The third-order valence-corrected chi connectivity index (χ3v) is 3.97. The Labute approximate surface area is 172 Å². The van der Waals surface area contributed by atoms with Crippen LogP contribution in [-0.2, 0) is 0 Å². The molecule has 0 radical (unpaired) electrons. The summed E-state index contributed by atoms with van der Waals surface area (Å²) in [5.41, 5.74) is 5.38. The van der Waals surface area contributed by atoms with E-state index in [-0.39, 0.29) is 10.7 Å². The van der Waals surface area contributed by atoms with Crippen molar-refractivity contribution < 1.29 is 23.8 Å². The molecule has 0 aliphatic heterocycles. The Kier molecular flexibility index (Phi) is 7.42. The molecule has 0 atom stereocenters. The minimum atomic E-state index is -0.534. The lowest BCUT2D eigenvalue weighted by molar-refractivity contribution is 0.0934. The first-order chi connectivity index (χ1) is 13.4. The lowest BCUT2D eigenvalue weighted by atomic mass is 10.1. The molecule has 3 N–H and O–H groups in total. The molecule has 148 valence electrons. The van der Waals surface area contributed by atoms with E-state index >= 15 is 0 Å². The van der Waals surface area contributed by atoms with E-state index in [1.54, 1.807) is 18.2 Å². The standard InChI is InChI=1S/C18H18ClN3O5S/c1-25-13-8-11(9-14(26-2)15(13)27-3)16(23)20-18(28)22-21-17(24)10-5-4-6-12(19)7-10/h4-9H,1-3H3,(H,21,24)(H2,20,22,23,28). The third kappa shape index (κ3) is 5.24. The van der Waals surface area contributed by atoms with Gasteiger partial charge in [0, 0.05) is 16.1 Å². The molecule has 0 unspecified atom stereocenters. The van der Waals surface area contributed by atoms with Crippen molar-refractivity contribution in [3.8, 4) is 17.2 Å². The molecule has 2 amide bonds.